The Bertz CT molecular complexity index is 543. The van der Waals surface area contributed by atoms with Gasteiger partial charge in [-0.2, -0.15) is 4.31 Å². The van der Waals surface area contributed by atoms with Gasteiger partial charge in [-0.3, -0.25) is 0 Å². The van der Waals surface area contributed by atoms with E-state index in [1.54, 1.807) is 0 Å². The maximum atomic E-state index is 12.4. The lowest BCUT2D eigenvalue weighted by atomic mass is 10.4. The molecule has 0 aliphatic heterocycles. The summed E-state index contributed by atoms with van der Waals surface area (Å²) in [6.07, 6.45) is 1.63. The maximum absolute atomic E-state index is 12.4. The van der Waals surface area contributed by atoms with Crippen molar-refractivity contribution in [2.45, 2.75) is 23.8 Å². The summed E-state index contributed by atoms with van der Waals surface area (Å²) >= 11 is 11.7. The topological polar surface area (TPSA) is 57.6 Å². The first-order chi connectivity index (χ1) is 8.46. The van der Waals surface area contributed by atoms with E-state index in [2.05, 4.69) is 0 Å². The molecule has 1 aliphatic carbocycles. The lowest BCUT2D eigenvalue weighted by molar-refractivity contribution is 0.250. The monoisotopic (exact) mass is 309 g/mol. The summed E-state index contributed by atoms with van der Waals surface area (Å²) in [6, 6.07) is 4.31. The minimum atomic E-state index is -3.70. The minimum absolute atomic E-state index is 0.00276. The minimum Gasteiger partial charge on any atom is -0.395 e. The Hall–Kier alpha value is -0.330. The van der Waals surface area contributed by atoms with Gasteiger partial charge in [-0.15, -0.1) is 0 Å². The summed E-state index contributed by atoms with van der Waals surface area (Å²) in [6.45, 7) is -0.135. The lowest BCUT2D eigenvalue weighted by Crippen LogP contribution is -2.35. The summed E-state index contributed by atoms with van der Waals surface area (Å²) in [5.74, 6) is 0. The van der Waals surface area contributed by atoms with Gasteiger partial charge >= 0.3 is 0 Å². The Kier molecular flexibility index (Phi) is 4.18. The fourth-order valence-electron chi connectivity index (χ4n) is 1.76. The second-order valence-electron chi connectivity index (χ2n) is 4.15. The zero-order valence-electron chi connectivity index (χ0n) is 9.51. The van der Waals surface area contributed by atoms with Crippen LogP contribution in [0, 0.1) is 0 Å². The van der Waals surface area contributed by atoms with Crippen molar-refractivity contribution < 1.29 is 13.5 Å². The van der Waals surface area contributed by atoms with E-state index in [-0.39, 0.29) is 29.1 Å². The Morgan fingerprint density at radius 1 is 1.33 bits per heavy atom. The molecule has 100 valence electrons. The molecule has 1 fully saturated rings. The van der Waals surface area contributed by atoms with Crippen LogP contribution in [-0.4, -0.2) is 37.0 Å². The molecule has 0 aromatic heterocycles. The molecule has 0 bridgehead atoms. The lowest BCUT2D eigenvalue weighted by Gasteiger charge is -2.21. The van der Waals surface area contributed by atoms with Gasteiger partial charge in [-0.1, -0.05) is 23.2 Å². The molecule has 0 unspecified atom stereocenters. The van der Waals surface area contributed by atoms with Crippen molar-refractivity contribution in [3.8, 4) is 0 Å². The van der Waals surface area contributed by atoms with Crippen LogP contribution in [0.3, 0.4) is 0 Å². The van der Waals surface area contributed by atoms with Crippen LogP contribution in [0.1, 0.15) is 12.8 Å². The third kappa shape index (κ3) is 2.81. The van der Waals surface area contributed by atoms with Gasteiger partial charge in [0.25, 0.3) is 0 Å². The van der Waals surface area contributed by atoms with Crippen molar-refractivity contribution in [3.05, 3.63) is 28.2 Å². The van der Waals surface area contributed by atoms with E-state index in [4.69, 9.17) is 28.3 Å². The maximum Gasteiger partial charge on any atom is 0.244 e. The van der Waals surface area contributed by atoms with Crippen molar-refractivity contribution in [2.24, 2.45) is 0 Å². The molecule has 0 heterocycles. The summed E-state index contributed by atoms with van der Waals surface area (Å²) < 4.78 is 26.2. The molecule has 1 aliphatic rings. The average molecular weight is 310 g/mol. The first kappa shape index (κ1) is 14.1. The number of aliphatic hydroxyl groups excluding tert-OH is 1. The van der Waals surface area contributed by atoms with Crippen molar-refractivity contribution in [3.63, 3.8) is 0 Å². The SMILES string of the molecule is O=S(=O)(c1cc(Cl)ccc1Cl)N(CCO)C1CC1. The van der Waals surface area contributed by atoms with Gasteiger partial charge in [-0.25, -0.2) is 8.42 Å². The fraction of sp³-hybridized carbons (Fsp3) is 0.455. The Balaban J connectivity index is 2.42. The molecule has 0 amide bonds. The molecule has 7 heteroatoms. The molecule has 1 aromatic rings. The Morgan fingerprint density at radius 3 is 2.56 bits per heavy atom. The van der Waals surface area contributed by atoms with Gasteiger partial charge in [0.15, 0.2) is 0 Å². The fourth-order valence-corrected chi connectivity index (χ4v) is 4.18. The van der Waals surface area contributed by atoms with Crippen molar-refractivity contribution in [2.75, 3.05) is 13.2 Å². The molecule has 2 rings (SSSR count). The number of sulfonamides is 1. The zero-order chi connectivity index (χ0) is 13.3. The first-order valence-electron chi connectivity index (χ1n) is 5.54. The third-order valence-corrected chi connectivity index (χ3v) is 5.42. The number of aliphatic hydroxyl groups is 1. The summed E-state index contributed by atoms with van der Waals surface area (Å²) in [4.78, 5) is -0.00276. The van der Waals surface area contributed by atoms with Gasteiger partial charge in [-0.05, 0) is 31.0 Å². The van der Waals surface area contributed by atoms with E-state index in [9.17, 15) is 8.42 Å². The van der Waals surface area contributed by atoms with E-state index < -0.39 is 10.0 Å². The highest BCUT2D eigenvalue weighted by atomic mass is 35.5. The van der Waals surface area contributed by atoms with E-state index in [0.717, 1.165) is 12.8 Å². The van der Waals surface area contributed by atoms with E-state index in [1.807, 2.05) is 0 Å². The van der Waals surface area contributed by atoms with Crippen LogP contribution in [0.2, 0.25) is 10.0 Å². The van der Waals surface area contributed by atoms with Crippen molar-refractivity contribution in [1.82, 2.24) is 4.31 Å². The molecule has 0 atom stereocenters. The predicted octanol–water partition coefficient (Wildman–Crippen LogP) is 2.14. The molecule has 1 saturated carbocycles. The number of halogens is 2. The number of hydrogen-bond donors (Lipinski definition) is 1. The average Bonchev–Trinajstić information content (AvgIpc) is 3.13. The molecule has 0 radical (unpaired) electrons. The summed E-state index contributed by atoms with van der Waals surface area (Å²) in [5.41, 5.74) is 0. The molecule has 0 saturated heterocycles. The van der Waals surface area contributed by atoms with Gasteiger partial charge in [0.05, 0.1) is 11.6 Å². The number of benzene rings is 1. The zero-order valence-corrected chi connectivity index (χ0v) is 11.8. The molecular formula is C11H13Cl2NO3S. The highest BCUT2D eigenvalue weighted by molar-refractivity contribution is 7.89. The first-order valence-corrected chi connectivity index (χ1v) is 7.74. The van der Waals surface area contributed by atoms with Crippen LogP contribution in [0.5, 0.6) is 0 Å². The van der Waals surface area contributed by atoms with Crippen molar-refractivity contribution in [1.29, 1.82) is 0 Å². The van der Waals surface area contributed by atoms with Gasteiger partial charge in [0.1, 0.15) is 4.90 Å². The quantitative estimate of drug-likeness (QED) is 0.906. The normalized spacial score (nSPS) is 16.2. The predicted molar refractivity (Wildman–Crippen MR) is 70.5 cm³/mol. The smallest absolute Gasteiger partial charge is 0.244 e. The van der Waals surface area contributed by atoms with Crippen LogP contribution >= 0.6 is 23.2 Å². The summed E-state index contributed by atoms with van der Waals surface area (Å²) in [5, 5.41) is 9.44. The largest absolute Gasteiger partial charge is 0.395 e. The molecule has 0 spiro atoms. The molecule has 18 heavy (non-hydrogen) atoms. The Morgan fingerprint density at radius 2 is 2.00 bits per heavy atom. The standard InChI is InChI=1S/C11H13Cl2NO3S/c12-8-1-4-10(13)11(7-8)18(16,17)14(5-6-15)9-2-3-9/h1,4,7,9,15H,2-3,5-6H2. The van der Waals surface area contributed by atoms with Crippen molar-refractivity contribution >= 4 is 33.2 Å². The Labute approximate surface area is 116 Å². The van der Waals surface area contributed by atoms with Gasteiger partial charge in [0, 0.05) is 17.6 Å². The second kappa shape index (κ2) is 5.35. The third-order valence-electron chi connectivity index (χ3n) is 2.75. The van der Waals surface area contributed by atoms with E-state index in [0.29, 0.717) is 5.02 Å². The molecular weight excluding hydrogens is 297 g/mol. The van der Waals surface area contributed by atoms with Gasteiger partial charge in [0.2, 0.25) is 10.0 Å². The summed E-state index contributed by atoms with van der Waals surface area (Å²) in [7, 11) is -3.70. The van der Waals surface area contributed by atoms with Crippen LogP contribution in [0.4, 0.5) is 0 Å². The van der Waals surface area contributed by atoms with Gasteiger partial charge < -0.3 is 5.11 Å². The highest BCUT2D eigenvalue weighted by Gasteiger charge is 2.38. The molecule has 1 N–H and O–H groups in total. The van der Waals surface area contributed by atoms with E-state index >= 15 is 0 Å². The second-order valence-corrected chi connectivity index (χ2v) is 6.85. The number of rotatable bonds is 5. The molecule has 1 aromatic carbocycles. The van der Waals surface area contributed by atoms with Crippen LogP contribution < -0.4 is 0 Å². The van der Waals surface area contributed by atoms with Crippen LogP contribution in [0.15, 0.2) is 23.1 Å². The highest BCUT2D eigenvalue weighted by Crippen LogP contribution is 2.34. The van der Waals surface area contributed by atoms with E-state index in [1.165, 1.54) is 22.5 Å². The molecule has 4 nitrogen and oxygen atoms in total. The number of hydrogen-bond acceptors (Lipinski definition) is 3. The van der Waals surface area contributed by atoms with Crippen LogP contribution in [0.25, 0.3) is 0 Å². The number of nitrogens with zero attached hydrogens (tertiary/aromatic N) is 1. The van der Waals surface area contributed by atoms with Crippen LogP contribution in [-0.2, 0) is 10.0 Å².